The number of fused-ring (bicyclic) bond motifs is 2. The van der Waals surface area contributed by atoms with Crippen molar-refractivity contribution in [2.24, 2.45) is 0 Å². The number of anilines is 1. The summed E-state index contributed by atoms with van der Waals surface area (Å²) in [6.45, 7) is 1.97. The summed E-state index contributed by atoms with van der Waals surface area (Å²) in [5.41, 5.74) is 4.43. The second kappa shape index (κ2) is 12.3. The van der Waals surface area contributed by atoms with E-state index in [0.717, 1.165) is 35.0 Å². The molecule has 3 aromatic carbocycles. The monoisotopic (exact) mass is 546 g/mol. The third-order valence-electron chi connectivity index (χ3n) is 7.33. The second-order valence-corrected chi connectivity index (χ2v) is 9.77. The molecule has 1 unspecified atom stereocenters. The summed E-state index contributed by atoms with van der Waals surface area (Å²) in [6.07, 6.45) is 3.70. The number of urea groups is 1. The van der Waals surface area contributed by atoms with Crippen molar-refractivity contribution in [2.75, 3.05) is 39.2 Å². The van der Waals surface area contributed by atoms with Crippen molar-refractivity contribution in [3.63, 3.8) is 0 Å². The van der Waals surface area contributed by atoms with E-state index in [1.54, 1.807) is 32.5 Å². The number of nitrogens with zero attached hydrogens (tertiary/aromatic N) is 2. The molecule has 0 saturated heterocycles. The molecule has 9 heteroatoms. The predicted molar refractivity (Wildman–Crippen MR) is 151 cm³/mol. The van der Waals surface area contributed by atoms with Gasteiger partial charge < -0.3 is 20.1 Å². The summed E-state index contributed by atoms with van der Waals surface area (Å²) in [5, 5.41) is 6.73. The molecule has 0 spiro atoms. The molecule has 1 aliphatic rings. The first kappa shape index (κ1) is 27.3. The van der Waals surface area contributed by atoms with E-state index in [9.17, 15) is 13.6 Å². The largest absolute Gasteiger partial charge is 0.493 e. The maximum atomic E-state index is 14.0. The van der Waals surface area contributed by atoms with Gasteiger partial charge in [-0.05, 0) is 72.4 Å². The summed E-state index contributed by atoms with van der Waals surface area (Å²) in [7, 11) is 3.21. The normalized spacial score (nSPS) is 14.9. The highest BCUT2D eigenvalue weighted by Crippen LogP contribution is 2.39. The van der Waals surface area contributed by atoms with Gasteiger partial charge in [0, 0.05) is 37.3 Å². The lowest BCUT2D eigenvalue weighted by molar-refractivity contribution is 0.180. The number of nitrogens with one attached hydrogen (secondary N) is 2. The number of rotatable bonds is 9. The molecular weight excluding hydrogens is 514 g/mol. The summed E-state index contributed by atoms with van der Waals surface area (Å²) < 4.78 is 38.7. The number of hydrogen-bond donors (Lipinski definition) is 2. The van der Waals surface area contributed by atoms with Crippen LogP contribution in [0.4, 0.5) is 19.3 Å². The first-order valence-electron chi connectivity index (χ1n) is 13.3. The van der Waals surface area contributed by atoms with E-state index in [0.29, 0.717) is 48.7 Å². The van der Waals surface area contributed by atoms with E-state index in [2.05, 4.69) is 20.5 Å². The Morgan fingerprint density at radius 3 is 2.62 bits per heavy atom. The van der Waals surface area contributed by atoms with Crippen molar-refractivity contribution < 1.29 is 23.0 Å². The van der Waals surface area contributed by atoms with Crippen LogP contribution in [0.2, 0.25) is 0 Å². The number of methoxy groups -OCH3 is 2. The molecule has 0 fully saturated rings. The Morgan fingerprint density at radius 2 is 1.82 bits per heavy atom. The van der Waals surface area contributed by atoms with Gasteiger partial charge in [-0.25, -0.2) is 13.6 Å². The Kier molecular flexibility index (Phi) is 8.40. The van der Waals surface area contributed by atoms with Crippen molar-refractivity contribution in [1.29, 1.82) is 0 Å². The third-order valence-corrected chi connectivity index (χ3v) is 7.33. The molecule has 2 amide bonds. The highest BCUT2D eigenvalue weighted by Gasteiger charge is 2.29. The van der Waals surface area contributed by atoms with Crippen molar-refractivity contribution in [2.45, 2.75) is 25.3 Å². The lowest BCUT2D eigenvalue weighted by Gasteiger charge is -2.38. The van der Waals surface area contributed by atoms with Crippen LogP contribution in [0.3, 0.4) is 0 Å². The Labute approximate surface area is 232 Å². The van der Waals surface area contributed by atoms with Crippen LogP contribution in [0.1, 0.15) is 29.2 Å². The first-order chi connectivity index (χ1) is 19.5. The van der Waals surface area contributed by atoms with Gasteiger partial charge in [-0.1, -0.05) is 24.3 Å². The van der Waals surface area contributed by atoms with Gasteiger partial charge in [-0.3, -0.25) is 9.88 Å². The highest BCUT2D eigenvalue weighted by atomic mass is 19.2. The molecule has 1 atom stereocenters. The molecule has 2 N–H and O–H groups in total. The minimum absolute atomic E-state index is 0.0783. The Bertz CT molecular complexity index is 1510. The summed E-state index contributed by atoms with van der Waals surface area (Å²) >= 11 is 0. The topological polar surface area (TPSA) is 75.7 Å². The van der Waals surface area contributed by atoms with Gasteiger partial charge in [-0.2, -0.15) is 0 Å². The van der Waals surface area contributed by atoms with Crippen LogP contribution in [-0.4, -0.2) is 49.8 Å². The Morgan fingerprint density at radius 1 is 1.02 bits per heavy atom. The van der Waals surface area contributed by atoms with Crippen LogP contribution in [0.15, 0.2) is 66.9 Å². The number of benzene rings is 3. The van der Waals surface area contributed by atoms with Gasteiger partial charge in [0.15, 0.2) is 23.1 Å². The van der Waals surface area contributed by atoms with Gasteiger partial charge in [0.2, 0.25) is 0 Å². The van der Waals surface area contributed by atoms with Crippen molar-refractivity contribution >= 4 is 22.6 Å². The van der Waals surface area contributed by atoms with Crippen molar-refractivity contribution in [3.8, 4) is 11.5 Å². The van der Waals surface area contributed by atoms with E-state index in [1.165, 1.54) is 12.1 Å². The van der Waals surface area contributed by atoms with E-state index in [-0.39, 0.29) is 12.1 Å². The number of hydrogen-bond acceptors (Lipinski definition) is 5. The number of para-hydroxylation sites is 1. The van der Waals surface area contributed by atoms with Gasteiger partial charge in [-0.15, -0.1) is 0 Å². The fourth-order valence-corrected chi connectivity index (χ4v) is 5.33. The molecule has 208 valence electrons. The Hall–Kier alpha value is -4.24. The van der Waals surface area contributed by atoms with Crippen molar-refractivity contribution in [1.82, 2.24) is 15.2 Å². The summed E-state index contributed by atoms with van der Waals surface area (Å²) in [6, 6.07) is 17.1. The third kappa shape index (κ3) is 5.99. The molecule has 5 rings (SSSR count). The van der Waals surface area contributed by atoms with E-state index in [1.807, 2.05) is 36.4 Å². The maximum Gasteiger partial charge on any atom is 0.319 e. The molecule has 4 aromatic rings. The van der Waals surface area contributed by atoms with Crippen LogP contribution in [0, 0.1) is 11.6 Å². The van der Waals surface area contributed by atoms with Crippen LogP contribution in [0.25, 0.3) is 10.9 Å². The SMILES string of the molecule is COc1cc2c(cc1OC)C(Cc1ccc(F)c(F)c1)N(CCCNC(=O)Nc1ccnc3ccccc13)CC2. The molecule has 0 bridgehead atoms. The average molecular weight is 547 g/mol. The molecule has 7 nitrogen and oxygen atoms in total. The van der Waals surface area contributed by atoms with Gasteiger partial charge in [0.25, 0.3) is 0 Å². The molecule has 0 aliphatic carbocycles. The number of halogens is 2. The number of pyridine rings is 1. The van der Waals surface area contributed by atoms with Crippen LogP contribution >= 0.6 is 0 Å². The minimum Gasteiger partial charge on any atom is -0.493 e. The standard InChI is InChI=1S/C31H32F2N4O3/c1-39-29-18-21-11-15-37(28(23(21)19-30(29)40-2)17-20-8-9-24(32)25(33)16-20)14-5-12-35-31(38)36-27-10-13-34-26-7-4-3-6-22(26)27/h3-4,6-10,13,16,18-19,28H,5,11-12,14-15,17H2,1-2H3,(H2,34,35,36,38). The highest BCUT2D eigenvalue weighted by molar-refractivity contribution is 6.00. The van der Waals surface area contributed by atoms with Gasteiger partial charge in [0.1, 0.15) is 0 Å². The van der Waals surface area contributed by atoms with Crippen molar-refractivity contribution in [3.05, 3.63) is 95.2 Å². The van der Waals surface area contributed by atoms with E-state index in [4.69, 9.17) is 9.47 Å². The average Bonchev–Trinajstić information content (AvgIpc) is 2.97. The Balaban J connectivity index is 1.27. The molecule has 1 aromatic heterocycles. The molecule has 40 heavy (non-hydrogen) atoms. The maximum absolute atomic E-state index is 14.0. The molecule has 1 aliphatic heterocycles. The zero-order valence-corrected chi connectivity index (χ0v) is 22.5. The second-order valence-electron chi connectivity index (χ2n) is 9.77. The lowest BCUT2D eigenvalue weighted by atomic mass is 9.88. The molecular formula is C31H32F2N4O3. The summed E-state index contributed by atoms with van der Waals surface area (Å²) in [4.78, 5) is 19.3. The molecule has 2 heterocycles. The summed E-state index contributed by atoms with van der Waals surface area (Å²) in [5.74, 6) is -0.427. The smallest absolute Gasteiger partial charge is 0.319 e. The quantitative estimate of drug-likeness (QED) is 0.256. The van der Waals surface area contributed by atoms with Gasteiger partial charge in [0.05, 0.1) is 25.4 Å². The molecule has 0 radical (unpaired) electrons. The van der Waals surface area contributed by atoms with Crippen LogP contribution in [-0.2, 0) is 12.8 Å². The van der Waals surface area contributed by atoms with E-state index < -0.39 is 11.6 Å². The van der Waals surface area contributed by atoms with Crippen LogP contribution < -0.4 is 20.1 Å². The van der Waals surface area contributed by atoms with E-state index >= 15 is 0 Å². The predicted octanol–water partition coefficient (Wildman–Crippen LogP) is 5.88. The zero-order valence-electron chi connectivity index (χ0n) is 22.5. The van der Waals surface area contributed by atoms with Crippen LogP contribution in [0.5, 0.6) is 11.5 Å². The molecule has 0 saturated carbocycles. The van der Waals surface area contributed by atoms with Gasteiger partial charge >= 0.3 is 6.03 Å². The number of ether oxygens (including phenoxy) is 2. The lowest BCUT2D eigenvalue weighted by Crippen LogP contribution is -2.39. The number of amides is 2. The zero-order chi connectivity index (χ0) is 28.1. The number of carbonyl (C=O) groups is 1. The first-order valence-corrected chi connectivity index (χ1v) is 13.3. The number of carbonyl (C=O) groups excluding carboxylic acids is 1. The minimum atomic E-state index is -0.861. The fourth-order valence-electron chi connectivity index (χ4n) is 5.33. The fraction of sp³-hybridized carbons (Fsp3) is 0.290. The number of aromatic nitrogens is 1.